The van der Waals surface area contributed by atoms with Gasteiger partial charge in [0, 0.05) is 4.88 Å². The van der Waals surface area contributed by atoms with Gasteiger partial charge in [0.1, 0.15) is 29.6 Å². The van der Waals surface area contributed by atoms with Crippen LogP contribution in [0, 0.1) is 18.7 Å². The van der Waals surface area contributed by atoms with Crippen molar-refractivity contribution in [3.63, 3.8) is 0 Å². The maximum Gasteiger partial charge on any atom is 0.303 e. The molecular formula is C28H28FNO5S2. The Kier molecular flexibility index (Phi) is 8.24. The maximum atomic E-state index is 14.8. The molecular weight excluding hydrogens is 513 g/mol. The monoisotopic (exact) mass is 541 g/mol. The van der Waals surface area contributed by atoms with Crippen LogP contribution >= 0.6 is 24.8 Å². The highest BCUT2D eigenvalue weighted by Gasteiger charge is 2.34. The number of methoxy groups -OCH3 is 1. The molecule has 2 heterocycles. The summed E-state index contributed by atoms with van der Waals surface area (Å²) in [6.07, 6.45) is 2.21. The van der Waals surface area contributed by atoms with Crippen LogP contribution < -0.4 is 9.47 Å². The molecule has 0 unspecified atom stereocenters. The Labute approximate surface area is 225 Å². The largest absolute Gasteiger partial charge is 0.497 e. The van der Waals surface area contributed by atoms with Crippen LogP contribution in [-0.2, 0) is 11.4 Å². The van der Waals surface area contributed by atoms with Crippen molar-refractivity contribution in [2.75, 3.05) is 7.11 Å². The standard InChI is InChI=1S/C28H26FNO5S.H2S/c1-16-10-11-36-28(16)26-24(30-35-27(26)22-13-19(33-2)8-9-23(22)29)15-34-20-5-3-4-18(12-20)21(14-25(31)32)17-6-7-17;/h3-5,8-13,17,21H,6-7,14-15H2,1-2H3,(H,31,32);1H2/t21-;/m0./s1. The fourth-order valence-electron chi connectivity index (χ4n) is 4.50. The van der Waals surface area contributed by atoms with E-state index in [0.29, 0.717) is 34.4 Å². The van der Waals surface area contributed by atoms with Crippen molar-refractivity contribution in [3.8, 4) is 33.3 Å². The molecule has 1 aliphatic carbocycles. The molecule has 1 saturated carbocycles. The van der Waals surface area contributed by atoms with Crippen LogP contribution in [0.2, 0.25) is 0 Å². The van der Waals surface area contributed by atoms with Crippen LogP contribution in [0.4, 0.5) is 4.39 Å². The summed E-state index contributed by atoms with van der Waals surface area (Å²) >= 11 is 1.53. The number of aromatic nitrogens is 1. The zero-order valence-electron chi connectivity index (χ0n) is 20.5. The number of thiophene rings is 1. The third-order valence-electron chi connectivity index (χ3n) is 6.52. The van der Waals surface area contributed by atoms with Gasteiger partial charge in [0.05, 0.1) is 24.7 Å². The van der Waals surface area contributed by atoms with Gasteiger partial charge in [0.2, 0.25) is 0 Å². The molecule has 6 nitrogen and oxygen atoms in total. The minimum Gasteiger partial charge on any atom is -0.497 e. The number of carboxylic acids is 1. The van der Waals surface area contributed by atoms with E-state index < -0.39 is 11.8 Å². The first kappa shape index (κ1) is 26.8. The van der Waals surface area contributed by atoms with Gasteiger partial charge in [0.15, 0.2) is 5.76 Å². The maximum absolute atomic E-state index is 14.8. The number of aliphatic carboxylic acids is 1. The normalized spacial score (nSPS) is 13.6. The topological polar surface area (TPSA) is 81.8 Å². The fourth-order valence-corrected chi connectivity index (χ4v) is 5.49. The Hall–Kier alpha value is -3.30. The average Bonchev–Trinajstić information content (AvgIpc) is 3.50. The van der Waals surface area contributed by atoms with Crippen molar-refractivity contribution >= 4 is 30.8 Å². The molecule has 0 radical (unpaired) electrons. The molecule has 0 bridgehead atoms. The Balaban J connectivity index is 0.00000320. The Morgan fingerprint density at radius 2 is 2.03 bits per heavy atom. The van der Waals surface area contributed by atoms with Crippen molar-refractivity contribution in [1.82, 2.24) is 5.16 Å². The summed E-state index contributed by atoms with van der Waals surface area (Å²) in [6, 6.07) is 14.1. The van der Waals surface area contributed by atoms with Crippen molar-refractivity contribution in [3.05, 3.63) is 76.5 Å². The Morgan fingerprint density at radius 3 is 2.70 bits per heavy atom. The van der Waals surface area contributed by atoms with Crippen LogP contribution in [0.15, 0.2) is 58.4 Å². The van der Waals surface area contributed by atoms with Gasteiger partial charge in [-0.15, -0.1) is 11.3 Å². The molecule has 2 aromatic carbocycles. The van der Waals surface area contributed by atoms with Gasteiger partial charge in [0.25, 0.3) is 0 Å². The number of benzene rings is 2. The first-order valence-corrected chi connectivity index (χ1v) is 12.6. The van der Waals surface area contributed by atoms with Gasteiger partial charge in [-0.3, -0.25) is 4.79 Å². The first-order chi connectivity index (χ1) is 17.4. The minimum absolute atomic E-state index is 0. The summed E-state index contributed by atoms with van der Waals surface area (Å²) in [5.74, 6) is 0.596. The molecule has 5 rings (SSSR count). The minimum atomic E-state index is -0.797. The number of ether oxygens (including phenoxy) is 2. The number of hydrogen-bond acceptors (Lipinski definition) is 6. The lowest BCUT2D eigenvalue weighted by molar-refractivity contribution is -0.137. The third kappa shape index (κ3) is 5.83. The van der Waals surface area contributed by atoms with Gasteiger partial charge in [-0.2, -0.15) is 13.5 Å². The molecule has 0 aliphatic heterocycles. The van der Waals surface area contributed by atoms with E-state index in [-0.39, 0.29) is 38.0 Å². The molecule has 1 atom stereocenters. The van der Waals surface area contributed by atoms with Crippen molar-refractivity contribution < 1.29 is 28.3 Å². The van der Waals surface area contributed by atoms with Gasteiger partial charge < -0.3 is 19.1 Å². The predicted octanol–water partition coefficient (Wildman–Crippen LogP) is 7.19. The zero-order valence-corrected chi connectivity index (χ0v) is 22.3. The SMILES string of the molecule is COc1ccc(F)c(-c2onc(COc3cccc([C@@H](CC(=O)O)C4CC4)c3)c2-c2sccc2C)c1.S. The number of halogens is 1. The summed E-state index contributed by atoms with van der Waals surface area (Å²) < 4.78 is 31.9. The van der Waals surface area contributed by atoms with E-state index in [1.807, 2.05) is 42.6 Å². The lowest BCUT2D eigenvalue weighted by Gasteiger charge is -2.16. The van der Waals surface area contributed by atoms with E-state index in [1.54, 1.807) is 12.1 Å². The summed E-state index contributed by atoms with van der Waals surface area (Å²) in [5.41, 5.74) is 3.49. The van der Waals surface area contributed by atoms with Crippen molar-refractivity contribution in [2.24, 2.45) is 5.92 Å². The van der Waals surface area contributed by atoms with Gasteiger partial charge in [-0.25, -0.2) is 4.39 Å². The van der Waals surface area contributed by atoms with Gasteiger partial charge >= 0.3 is 5.97 Å². The molecule has 4 aromatic rings. The smallest absolute Gasteiger partial charge is 0.303 e. The van der Waals surface area contributed by atoms with Crippen LogP contribution in [0.1, 0.15) is 42.0 Å². The number of hydrogen-bond donors (Lipinski definition) is 1. The Morgan fingerprint density at radius 1 is 1.22 bits per heavy atom. The number of nitrogens with zero attached hydrogens (tertiary/aromatic N) is 1. The molecule has 1 N–H and O–H groups in total. The highest BCUT2D eigenvalue weighted by atomic mass is 32.1. The number of rotatable bonds is 10. The number of carbonyl (C=O) groups is 1. The van der Waals surface area contributed by atoms with Gasteiger partial charge in [-0.05, 0) is 84.5 Å². The van der Waals surface area contributed by atoms with E-state index in [0.717, 1.165) is 28.8 Å². The summed E-state index contributed by atoms with van der Waals surface area (Å²) in [7, 11) is 1.53. The van der Waals surface area contributed by atoms with E-state index in [9.17, 15) is 14.3 Å². The lowest BCUT2D eigenvalue weighted by Crippen LogP contribution is -2.08. The lowest BCUT2D eigenvalue weighted by atomic mass is 9.91. The predicted molar refractivity (Wildman–Crippen MR) is 145 cm³/mol. The molecule has 2 aromatic heterocycles. The summed E-state index contributed by atoms with van der Waals surface area (Å²) in [6.45, 7) is 2.09. The average molecular weight is 542 g/mol. The molecule has 0 saturated heterocycles. The molecule has 0 amide bonds. The highest BCUT2D eigenvalue weighted by Crippen LogP contribution is 2.45. The molecule has 9 heteroatoms. The molecule has 1 aliphatic rings. The number of aryl methyl sites for hydroxylation is 1. The molecule has 37 heavy (non-hydrogen) atoms. The quantitative estimate of drug-likeness (QED) is 0.229. The van der Waals surface area contributed by atoms with E-state index in [1.165, 1.54) is 24.5 Å². The first-order valence-electron chi connectivity index (χ1n) is 11.8. The van der Waals surface area contributed by atoms with Gasteiger partial charge in [-0.1, -0.05) is 17.3 Å². The van der Waals surface area contributed by atoms with Crippen LogP contribution in [0.5, 0.6) is 11.5 Å². The Bertz CT molecular complexity index is 1390. The molecule has 194 valence electrons. The zero-order chi connectivity index (χ0) is 25.2. The van der Waals surface area contributed by atoms with Crippen molar-refractivity contribution in [1.29, 1.82) is 0 Å². The summed E-state index contributed by atoms with van der Waals surface area (Å²) in [5, 5.41) is 15.6. The number of carboxylic acid groups (broad SMARTS) is 1. The third-order valence-corrected chi connectivity index (χ3v) is 7.55. The van der Waals surface area contributed by atoms with Crippen LogP contribution in [0.25, 0.3) is 21.8 Å². The fraction of sp³-hybridized carbons (Fsp3) is 0.286. The second-order valence-electron chi connectivity index (χ2n) is 9.01. The molecule has 0 spiro atoms. The van der Waals surface area contributed by atoms with E-state index >= 15 is 0 Å². The highest BCUT2D eigenvalue weighted by molar-refractivity contribution is 7.59. The molecule has 1 fully saturated rings. The summed E-state index contributed by atoms with van der Waals surface area (Å²) in [4.78, 5) is 12.3. The second-order valence-corrected chi connectivity index (χ2v) is 9.93. The second kappa shape index (κ2) is 11.4. The van der Waals surface area contributed by atoms with E-state index in [2.05, 4.69) is 5.16 Å². The van der Waals surface area contributed by atoms with Crippen LogP contribution in [-0.4, -0.2) is 23.3 Å². The van der Waals surface area contributed by atoms with Crippen molar-refractivity contribution in [2.45, 2.75) is 38.7 Å². The van der Waals surface area contributed by atoms with Crippen LogP contribution in [0.3, 0.4) is 0 Å². The van der Waals surface area contributed by atoms with E-state index in [4.69, 9.17) is 14.0 Å².